The Balaban J connectivity index is 2.09. The van der Waals surface area contributed by atoms with Crippen molar-refractivity contribution in [2.45, 2.75) is 130 Å². The van der Waals surface area contributed by atoms with Crippen LogP contribution in [0.1, 0.15) is 116 Å². The molecular weight excluding hydrogens is 500 g/mol. The maximum Gasteiger partial charge on any atom is 0.267 e. The van der Waals surface area contributed by atoms with Gasteiger partial charge in [-0.2, -0.15) is 0 Å². The Morgan fingerprint density at radius 3 is 0.950 bits per heavy atom. The average Bonchev–Trinajstić information content (AvgIpc) is 2.79. The number of carbonyl (C=O) groups is 2. The smallest absolute Gasteiger partial charge is 0.267 e. The van der Waals surface area contributed by atoms with E-state index < -0.39 is 24.0 Å². The van der Waals surface area contributed by atoms with Gasteiger partial charge in [-0.05, 0) is 55.0 Å². The second-order valence-electron chi connectivity index (χ2n) is 15.3. The summed E-state index contributed by atoms with van der Waals surface area (Å²) in [5.41, 5.74) is 10.4. The maximum absolute atomic E-state index is 12.6. The lowest BCUT2D eigenvalue weighted by Gasteiger charge is -2.27. The van der Waals surface area contributed by atoms with Gasteiger partial charge in [-0.15, -0.1) is 0 Å². The van der Waals surface area contributed by atoms with Crippen molar-refractivity contribution in [2.24, 2.45) is 0 Å². The van der Waals surface area contributed by atoms with E-state index in [0.717, 1.165) is 33.4 Å². The molecule has 0 fully saturated rings. The summed E-state index contributed by atoms with van der Waals surface area (Å²) in [6.07, 6.45) is -2.52. The highest BCUT2D eigenvalue weighted by molar-refractivity contribution is 5.86. The summed E-state index contributed by atoms with van der Waals surface area (Å²) in [6, 6.07) is 12.4. The van der Waals surface area contributed by atoms with Gasteiger partial charge in [0, 0.05) is 12.8 Å². The van der Waals surface area contributed by atoms with Crippen LogP contribution in [0, 0.1) is 0 Å². The summed E-state index contributed by atoms with van der Waals surface area (Å²) in [4.78, 5) is 25.3. The summed E-state index contributed by atoms with van der Waals surface area (Å²) in [6.45, 7) is 25.6. The van der Waals surface area contributed by atoms with E-state index in [-0.39, 0.29) is 34.5 Å². The van der Waals surface area contributed by atoms with Crippen LogP contribution in [0.5, 0.6) is 0 Å². The van der Waals surface area contributed by atoms with E-state index in [1.165, 1.54) is 0 Å². The number of aliphatic hydroxyl groups is 2. The largest absolute Gasteiger partial charge is 0.383 e. The highest BCUT2D eigenvalue weighted by atomic mass is 16.3. The molecule has 40 heavy (non-hydrogen) atoms. The molecule has 6 heteroatoms. The standard InChI is InChI=1S/C34H52N2O4/c1-31(2,3)23-13-21(14-24(19-23)32(4,5)6)17-27(37)29(39)35-36-30(40)28(38)18-22-15-25(33(7,8)9)20-26(16-22)34(10,11)12/h13-16,19-20,27-28,37-38H,17-18H2,1-12H3,(H,35,39)(H,36,40). The normalized spacial score (nSPS) is 14.4. The number of hydrazine groups is 1. The maximum atomic E-state index is 12.6. The van der Waals surface area contributed by atoms with Crippen molar-refractivity contribution in [2.75, 3.05) is 0 Å². The minimum atomic E-state index is -1.36. The number of aliphatic hydroxyl groups excluding tert-OH is 2. The SMILES string of the molecule is CC(C)(C)c1cc(CC(O)C(=O)NNC(=O)C(O)Cc2cc(C(C)(C)C)cc(C(C)(C)C)c2)cc(C(C)(C)C)c1. The third kappa shape index (κ3) is 9.45. The number of hydrogen-bond acceptors (Lipinski definition) is 4. The van der Waals surface area contributed by atoms with Gasteiger partial charge in [0.2, 0.25) is 0 Å². The number of amides is 2. The predicted molar refractivity (Wildman–Crippen MR) is 163 cm³/mol. The molecule has 0 bridgehead atoms. The second kappa shape index (κ2) is 12.0. The van der Waals surface area contributed by atoms with E-state index in [1.54, 1.807) is 0 Å². The molecule has 2 aromatic carbocycles. The first-order chi connectivity index (χ1) is 18.0. The Morgan fingerprint density at radius 2 is 0.750 bits per heavy atom. The first-order valence-electron chi connectivity index (χ1n) is 14.2. The Labute approximate surface area is 241 Å². The highest BCUT2D eigenvalue weighted by Gasteiger charge is 2.25. The molecule has 6 nitrogen and oxygen atoms in total. The molecule has 222 valence electrons. The molecule has 2 amide bonds. The van der Waals surface area contributed by atoms with Crippen LogP contribution >= 0.6 is 0 Å². The van der Waals surface area contributed by atoms with Gasteiger partial charge in [0.05, 0.1) is 0 Å². The minimum Gasteiger partial charge on any atom is -0.383 e. The fourth-order valence-corrected chi connectivity index (χ4v) is 4.27. The molecule has 2 unspecified atom stereocenters. The van der Waals surface area contributed by atoms with Crippen molar-refractivity contribution in [1.29, 1.82) is 0 Å². The van der Waals surface area contributed by atoms with E-state index >= 15 is 0 Å². The fourth-order valence-electron chi connectivity index (χ4n) is 4.27. The van der Waals surface area contributed by atoms with Gasteiger partial charge in [-0.3, -0.25) is 20.4 Å². The van der Waals surface area contributed by atoms with Crippen LogP contribution in [-0.4, -0.2) is 34.2 Å². The van der Waals surface area contributed by atoms with E-state index in [4.69, 9.17) is 0 Å². The van der Waals surface area contributed by atoms with Gasteiger partial charge >= 0.3 is 0 Å². The van der Waals surface area contributed by atoms with Gasteiger partial charge in [-0.1, -0.05) is 119 Å². The minimum absolute atomic E-state index is 0.0899. The highest BCUT2D eigenvalue weighted by Crippen LogP contribution is 2.32. The molecule has 0 radical (unpaired) electrons. The van der Waals surface area contributed by atoms with Crippen LogP contribution in [0.15, 0.2) is 36.4 Å². The van der Waals surface area contributed by atoms with Crippen molar-refractivity contribution >= 4 is 11.8 Å². The first kappa shape index (κ1) is 33.5. The third-order valence-electron chi connectivity index (χ3n) is 7.22. The molecule has 0 spiro atoms. The van der Waals surface area contributed by atoms with Gasteiger partial charge < -0.3 is 10.2 Å². The van der Waals surface area contributed by atoms with Crippen LogP contribution in [-0.2, 0) is 44.1 Å². The molecule has 0 aliphatic heterocycles. The Hall–Kier alpha value is -2.70. The number of benzene rings is 2. The lowest BCUT2D eigenvalue weighted by Crippen LogP contribution is -2.50. The summed E-state index contributed by atoms with van der Waals surface area (Å²) >= 11 is 0. The van der Waals surface area contributed by atoms with Crippen LogP contribution in [0.25, 0.3) is 0 Å². The molecule has 2 atom stereocenters. The molecule has 0 aliphatic carbocycles. The van der Waals surface area contributed by atoms with Crippen LogP contribution < -0.4 is 10.9 Å². The molecule has 4 N–H and O–H groups in total. The van der Waals surface area contributed by atoms with Crippen molar-refractivity contribution < 1.29 is 19.8 Å². The van der Waals surface area contributed by atoms with Gasteiger partial charge in [0.1, 0.15) is 12.2 Å². The molecule has 0 heterocycles. The molecule has 2 rings (SSSR count). The quantitative estimate of drug-likeness (QED) is 0.354. The van der Waals surface area contributed by atoms with Crippen LogP contribution in [0.4, 0.5) is 0 Å². The molecule has 0 saturated heterocycles. The lowest BCUT2D eigenvalue weighted by molar-refractivity contribution is -0.137. The van der Waals surface area contributed by atoms with Crippen LogP contribution in [0.2, 0.25) is 0 Å². The molecule has 0 aliphatic rings. The second-order valence-corrected chi connectivity index (χ2v) is 15.3. The lowest BCUT2D eigenvalue weighted by atomic mass is 9.79. The Kier molecular flexibility index (Phi) is 10.1. The molecular formula is C34H52N2O4. The fraction of sp³-hybridized carbons (Fsp3) is 0.588. The summed E-state index contributed by atoms with van der Waals surface area (Å²) < 4.78 is 0. The summed E-state index contributed by atoms with van der Waals surface area (Å²) in [5, 5.41) is 21.3. The van der Waals surface area contributed by atoms with E-state index in [0.29, 0.717) is 0 Å². The van der Waals surface area contributed by atoms with Crippen molar-refractivity contribution in [3.05, 3.63) is 69.8 Å². The van der Waals surface area contributed by atoms with Crippen molar-refractivity contribution in [1.82, 2.24) is 10.9 Å². The summed E-state index contributed by atoms with van der Waals surface area (Å²) in [7, 11) is 0. The van der Waals surface area contributed by atoms with E-state index in [1.807, 2.05) is 24.3 Å². The Morgan fingerprint density at radius 1 is 0.525 bits per heavy atom. The van der Waals surface area contributed by atoms with E-state index in [2.05, 4.69) is 106 Å². The average molecular weight is 553 g/mol. The van der Waals surface area contributed by atoms with Crippen molar-refractivity contribution in [3.8, 4) is 0 Å². The third-order valence-corrected chi connectivity index (χ3v) is 7.22. The van der Waals surface area contributed by atoms with Crippen LogP contribution in [0.3, 0.4) is 0 Å². The molecule has 0 saturated carbocycles. The predicted octanol–water partition coefficient (Wildman–Crippen LogP) is 5.53. The number of carbonyl (C=O) groups excluding carboxylic acids is 2. The number of rotatable bonds is 6. The summed E-state index contributed by atoms with van der Waals surface area (Å²) in [5.74, 6) is -1.47. The van der Waals surface area contributed by atoms with Gasteiger partial charge in [-0.25, -0.2) is 0 Å². The number of nitrogens with one attached hydrogen (secondary N) is 2. The van der Waals surface area contributed by atoms with Gasteiger partial charge in [0.25, 0.3) is 11.8 Å². The zero-order valence-electron chi connectivity index (χ0n) is 26.7. The molecule has 0 aromatic heterocycles. The zero-order valence-corrected chi connectivity index (χ0v) is 26.7. The monoisotopic (exact) mass is 552 g/mol. The van der Waals surface area contributed by atoms with Gasteiger partial charge in [0.15, 0.2) is 0 Å². The number of hydrogen-bond donors (Lipinski definition) is 4. The molecule has 2 aromatic rings. The topological polar surface area (TPSA) is 98.7 Å². The first-order valence-corrected chi connectivity index (χ1v) is 14.2. The van der Waals surface area contributed by atoms with E-state index in [9.17, 15) is 19.8 Å². The Bertz CT molecular complexity index is 1040. The van der Waals surface area contributed by atoms with Crippen molar-refractivity contribution in [3.63, 3.8) is 0 Å². The zero-order chi connectivity index (χ0) is 30.8.